The summed E-state index contributed by atoms with van der Waals surface area (Å²) in [6.45, 7) is 4.02. The zero-order valence-electron chi connectivity index (χ0n) is 6.71. The molecule has 1 N–H and O–H groups in total. The fourth-order valence-electron chi connectivity index (χ4n) is 0.793. The zero-order chi connectivity index (χ0) is 7.94. The van der Waals surface area contributed by atoms with Crippen LogP contribution >= 0.6 is 0 Å². The Bertz CT molecular complexity index is 201. The maximum Gasteiger partial charge on any atom is 0.0974 e. The standard InChI is InChI=1S/C9H13NO/c1-2-10-6-3-4-9-5-7-11-8-9/h3-5,7-8,10H,2,6H2,1H3. The number of hydrogen-bond donors (Lipinski definition) is 1. The van der Waals surface area contributed by atoms with E-state index in [1.165, 1.54) is 0 Å². The Labute approximate surface area is 66.9 Å². The lowest BCUT2D eigenvalue weighted by molar-refractivity contribution is 0.567. The molecule has 1 heterocycles. The first-order valence-electron chi connectivity index (χ1n) is 3.83. The van der Waals surface area contributed by atoms with Crippen molar-refractivity contribution >= 4 is 6.08 Å². The normalized spacial score (nSPS) is 11.0. The van der Waals surface area contributed by atoms with Crippen LogP contribution in [0, 0.1) is 0 Å². The lowest BCUT2D eigenvalue weighted by atomic mass is 10.3. The second-order valence-corrected chi connectivity index (χ2v) is 2.27. The van der Waals surface area contributed by atoms with Crippen molar-refractivity contribution in [2.24, 2.45) is 0 Å². The molecule has 0 bridgehead atoms. The van der Waals surface area contributed by atoms with Crippen molar-refractivity contribution in [3.63, 3.8) is 0 Å². The van der Waals surface area contributed by atoms with Crippen LogP contribution in [0.2, 0.25) is 0 Å². The second kappa shape index (κ2) is 4.74. The van der Waals surface area contributed by atoms with Gasteiger partial charge in [-0.05, 0) is 12.6 Å². The van der Waals surface area contributed by atoms with E-state index in [2.05, 4.69) is 18.3 Å². The maximum absolute atomic E-state index is 4.90. The Morgan fingerprint density at radius 2 is 2.55 bits per heavy atom. The highest BCUT2D eigenvalue weighted by molar-refractivity contribution is 5.46. The molecule has 0 aliphatic heterocycles. The Balaban J connectivity index is 2.25. The molecule has 2 heteroatoms. The third-order valence-electron chi connectivity index (χ3n) is 1.37. The Hall–Kier alpha value is -1.02. The number of likely N-dealkylation sites (N-methyl/N-ethyl adjacent to an activating group) is 1. The number of hydrogen-bond acceptors (Lipinski definition) is 2. The van der Waals surface area contributed by atoms with E-state index in [0.29, 0.717) is 0 Å². The van der Waals surface area contributed by atoms with Crippen molar-refractivity contribution in [2.75, 3.05) is 13.1 Å². The zero-order valence-corrected chi connectivity index (χ0v) is 6.71. The molecule has 0 aliphatic carbocycles. The van der Waals surface area contributed by atoms with Gasteiger partial charge in [0.15, 0.2) is 0 Å². The van der Waals surface area contributed by atoms with Crippen molar-refractivity contribution < 1.29 is 4.42 Å². The lowest BCUT2D eigenvalue weighted by Gasteiger charge is -1.91. The number of nitrogens with one attached hydrogen (secondary N) is 1. The molecule has 0 aliphatic rings. The van der Waals surface area contributed by atoms with E-state index in [-0.39, 0.29) is 0 Å². The number of rotatable bonds is 4. The first kappa shape index (κ1) is 8.08. The first-order chi connectivity index (χ1) is 5.43. The van der Waals surface area contributed by atoms with Crippen LogP contribution in [0.15, 0.2) is 29.1 Å². The molecule has 0 saturated carbocycles. The van der Waals surface area contributed by atoms with Gasteiger partial charge in [0.2, 0.25) is 0 Å². The van der Waals surface area contributed by atoms with Gasteiger partial charge in [0, 0.05) is 12.1 Å². The van der Waals surface area contributed by atoms with Gasteiger partial charge in [-0.2, -0.15) is 0 Å². The predicted octanol–water partition coefficient (Wildman–Crippen LogP) is 1.90. The summed E-state index contributed by atoms with van der Waals surface area (Å²) in [6.07, 6.45) is 7.51. The largest absolute Gasteiger partial charge is 0.472 e. The lowest BCUT2D eigenvalue weighted by Crippen LogP contribution is -2.11. The average molecular weight is 151 g/mol. The highest BCUT2D eigenvalue weighted by atomic mass is 16.3. The topological polar surface area (TPSA) is 25.2 Å². The van der Waals surface area contributed by atoms with E-state index < -0.39 is 0 Å². The Morgan fingerprint density at radius 3 is 3.18 bits per heavy atom. The number of furan rings is 1. The molecule has 60 valence electrons. The summed E-state index contributed by atoms with van der Waals surface area (Å²) in [5, 5.41) is 3.19. The molecule has 0 amide bonds. The molecule has 0 unspecified atom stereocenters. The van der Waals surface area contributed by atoms with Crippen LogP contribution in [-0.4, -0.2) is 13.1 Å². The summed E-state index contributed by atoms with van der Waals surface area (Å²) in [7, 11) is 0. The smallest absolute Gasteiger partial charge is 0.0974 e. The minimum Gasteiger partial charge on any atom is -0.472 e. The minimum absolute atomic E-state index is 0.918. The average Bonchev–Trinajstić information content (AvgIpc) is 2.50. The highest BCUT2D eigenvalue weighted by Gasteiger charge is 1.84. The fraction of sp³-hybridized carbons (Fsp3) is 0.333. The molecule has 0 spiro atoms. The van der Waals surface area contributed by atoms with Crippen molar-refractivity contribution in [2.45, 2.75) is 6.92 Å². The van der Waals surface area contributed by atoms with Crippen molar-refractivity contribution in [1.82, 2.24) is 5.32 Å². The highest BCUT2D eigenvalue weighted by Crippen LogP contribution is 2.00. The van der Waals surface area contributed by atoms with Crippen LogP contribution in [0.5, 0.6) is 0 Å². The van der Waals surface area contributed by atoms with Gasteiger partial charge in [0.25, 0.3) is 0 Å². The van der Waals surface area contributed by atoms with Crippen LogP contribution in [0.4, 0.5) is 0 Å². The molecular weight excluding hydrogens is 138 g/mol. The van der Waals surface area contributed by atoms with E-state index in [1.807, 2.05) is 12.1 Å². The summed E-state index contributed by atoms with van der Waals surface area (Å²) < 4.78 is 4.90. The second-order valence-electron chi connectivity index (χ2n) is 2.27. The molecule has 0 fully saturated rings. The van der Waals surface area contributed by atoms with E-state index in [4.69, 9.17) is 4.42 Å². The molecule has 0 radical (unpaired) electrons. The molecule has 1 aromatic rings. The Kier molecular flexibility index (Phi) is 3.48. The van der Waals surface area contributed by atoms with Crippen LogP contribution < -0.4 is 5.32 Å². The summed E-state index contributed by atoms with van der Waals surface area (Å²) >= 11 is 0. The van der Waals surface area contributed by atoms with Crippen molar-refractivity contribution in [3.05, 3.63) is 30.2 Å². The van der Waals surface area contributed by atoms with Gasteiger partial charge in [-0.25, -0.2) is 0 Å². The van der Waals surface area contributed by atoms with Gasteiger partial charge in [0.1, 0.15) is 0 Å². The van der Waals surface area contributed by atoms with Gasteiger partial charge in [-0.15, -0.1) is 0 Å². The summed E-state index contributed by atoms with van der Waals surface area (Å²) in [4.78, 5) is 0. The third-order valence-corrected chi connectivity index (χ3v) is 1.37. The van der Waals surface area contributed by atoms with E-state index >= 15 is 0 Å². The Morgan fingerprint density at radius 1 is 1.64 bits per heavy atom. The summed E-state index contributed by atoms with van der Waals surface area (Å²) in [5.41, 5.74) is 1.11. The summed E-state index contributed by atoms with van der Waals surface area (Å²) in [5.74, 6) is 0. The molecule has 0 saturated heterocycles. The maximum atomic E-state index is 4.90. The monoisotopic (exact) mass is 151 g/mol. The molecule has 2 nitrogen and oxygen atoms in total. The van der Waals surface area contributed by atoms with Crippen LogP contribution in [0.3, 0.4) is 0 Å². The first-order valence-corrected chi connectivity index (χ1v) is 3.83. The van der Waals surface area contributed by atoms with Gasteiger partial charge in [0.05, 0.1) is 12.5 Å². The van der Waals surface area contributed by atoms with Crippen molar-refractivity contribution in [1.29, 1.82) is 0 Å². The van der Waals surface area contributed by atoms with E-state index in [1.54, 1.807) is 12.5 Å². The van der Waals surface area contributed by atoms with E-state index in [0.717, 1.165) is 18.7 Å². The molecule has 11 heavy (non-hydrogen) atoms. The van der Waals surface area contributed by atoms with Gasteiger partial charge in [-0.1, -0.05) is 19.1 Å². The van der Waals surface area contributed by atoms with Gasteiger partial charge in [-0.3, -0.25) is 0 Å². The minimum atomic E-state index is 0.918. The van der Waals surface area contributed by atoms with E-state index in [9.17, 15) is 0 Å². The molecule has 0 aromatic carbocycles. The third kappa shape index (κ3) is 3.05. The van der Waals surface area contributed by atoms with Gasteiger partial charge >= 0.3 is 0 Å². The quantitative estimate of drug-likeness (QED) is 0.665. The SMILES string of the molecule is CCNCC=Cc1ccoc1. The van der Waals surface area contributed by atoms with Crippen LogP contribution in [-0.2, 0) is 0 Å². The summed E-state index contributed by atoms with van der Waals surface area (Å²) in [6, 6.07) is 1.93. The molecule has 1 aromatic heterocycles. The molecule has 0 atom stereocenters. The van der Waals surface area contributed by atoms with Crippen LogP contribution in [0.25, 0.3) is 6.08 Å². The molecule has 1 rings (SSSR count). The fourth-order valence-corrected chi connectivity index (χ4v) is 0.793. The van der Waals surface area contributed by atoms with Crippen LogP contribution in [0.1, 0.15) is 12.5 Å². The van der Waals surface area contributed by atoms with Crippen molar-refractivity contribution in [3.8, 4) is 0 Å². The van der Waals surface area contributed by atoms with Gasteiger partial charge < -0.3 is 9.73 Å². The predicted molar refractivity (Wildman–Crippen MR) is 46.3 cm³/mol. The molecular formula is C9H13NO.